The second kappa shape index (κ2) is 10.0. The molecule has 1 aromatic heterocycles. The quantitative estimate of drug-likeness (QED) is 0.294. The first kappa shape index (κ1) is 23.3. The zero-order valence-electron chi connectivity index (χ0n) is 19.6. The van der Waals surface area contributed by atoms with E-state index in [-0.39, 0.29) is 12.7 Å². The first-order valence-electron chi connectivity index (χ1n) is 11.6. The maximum Gasteiger partial charge on any atom is 0.338 e. The van der Waals surface area contributed by atoms with Crippen molar-refractivity contribution < 1.29 is 23.8 Å². The van der Waals surface area contributed by atoms with Gasteiger partial charge in [0.2, 0.25) is 0 Å². The fourth-order valence-electron chi connectivity index (χ4n) is 4.26. The minimum absolute atomic E-state index is 0.00285. The maximum absolute atomic E-state index is 12.9. The summed E-state index contributed by atoms with van der Waals surface area (Å²) in [5.41, 5.74) is 4.15. The predicted octanol–water partition coefficient (Wildman–Crippen LogP) is 6.43. The molecule has 5 rings (SSSR count). The summed E-state index contributed by atoms with van der Waals surface area (Å²) in [7, 11) is 0. The van der Waals surface area contributed by atoms with Gasteiger partial charge in [0, 0.05) is 11.1 Å². The Morgan fingerprint density at radius 3 is 2.20 bits per heavy atom. The molecule has 35 heavy (non-hydrogen) atoms. The predicted molar refractivity (Wildman–Crippen MR) is 136 cm³/mol. The summed E-state index contributed by atoms with van der Waals surface area (Å²) in [6, 6.07) is 22.6. The van der Waals surface area contributed by atoms with Crippen LogP contribution in [0.5, 0.6) is 0 Å². The van der Waals surface area contributed by atoms with Crippen molar-refractivity contribution in [2.75, 3.05) is 6.61 Å². The highest BCUT2D eigenvalue weighted by molar-refractivity contribution is 7.17. The molecule has 6 heteroatoms. The molecule has 0 radical (unpaired) electrons. The lowest BCUT2D eigenvalue weighted by molar-refractivity contribution is -0.0424. The Balaban J connectivity index is 1.34. The third kappa shape index (κ3) is 5.14. The molecule has 1 aliphatic rings. The Bertz CT molecular complexity index is 1340. The Labute approximate surface area is 208 Å². The van der Waals surface area contributed by atoms with Crippen LogP contribution in [0.1, 0.15) is 49.9 Å². The van der Waals surface area contributed by atoms with Crippen LogP contribution in [0, 0.1) is 13.8 Å². The average Bonchev–Trinajstić information content (AvgIpc) is 3.47. The number of rotatable bonds is 6. The molecule has 5 nitrogen and oxygen atoms in total. The number of ether oxygens (including phenoxy) is 3. The number of fused-ring (bicyclic) bond motifs is 1. The summed E-state index contributed by atoms with van der Waals surface area (Å²) in [4.78, 5) is 25.5. The minimum atomic E-state index is -0.567. The van der Waals surface area contributed by atoms with Crippen LogP contribution >= 0.6 is 11.3 Å². The van der Waals surface area contributed by atoms with Crippen LogP contribution in [-0.2, 0) is 14.2 Å². The van der Waals surface area contributed by atoms with Crippen molar-refractivity contribution >= 4 is 33.4 Å². The van der Waals surface area contributed by atoms with Gasteiger partial charge in [-0.2, -0.15) is 0 Å². The Hall–Kier alpha value is -3.48. The van der Waals surface area contributed by atoms with Crippen LogP contribution in [0.25, 0.3) is 10.1 Å². The molecule has 0 N–H and O–H groups in total. The Morgan fingerprint density at radius 1 is 0.886 bits per heavy atom. The summed E-state index contributed by atoms with van der Waals surface area (Å²) in [5, 5.41) is 3.22. The summed E-state index contributed by atoms with van der Waals surface area (Å²) < 4.78 is 19.0. The number of esters is 2. The van der Waals surface area contributed by atoms with Gasteiger partial charge in [-0.3, -0.25) is 0 Å². The first-order chi connectivity index (χ1) is 17.0. The van der Waals surface area contributed by atoms with Gasteiger partial charge in [-0.1, -0.05) is 53.6 Å². The van der Waals surface area contributed by atoms with Crippen molar-refractivity contribution in [2.45, 2.75) is 38.6 Å². The van der Waals surface area contributed by atoms with E-state index >= 15 is 0 Å². The van der Waals surface area contributed by atoms with Crippen molar-refractivity contribution in [1.29, 1.82) is 0 Å². The van der Waals surface area contributed by atoms with E-state index in [1.165, 1.54) is 4.70 Å². The molecule has 0 bridgehead atoms. The van der Waals surface area contributed by atoms with Gasteiger partial charge in [-0.25, -0.2) is 9.59 Å². The largest absolute Gasteiger partial charge is 0.459 e. The molecule has 0 saturated carbocycles. The van der Waals surface area contributed by atoms with E-state index in [1.54, 1.807) is 35.6 Å². The van der Waals surface area contributed by atoms with Gasteiger partial charge in [0.1, 0.15) is 18.8 Å². The number of aryl methyl sites for hydroxylation is 2. The number of hydrogen-bond acceptors (Lipinski definition) is 6. The molecule has 4 aromatic rings. The highest BCUT2D eigenvalue weighted by Crippen LogP contribution is 2.40. The van der Waals surface area contributed by atoms with E-state index in [0.29, 0.717) is 17.5 Å². The van der Waals surface area contributed by atoms with Crippen LogP contribution in [0.4, 0.5) is 0 Å². The normalized spacial score (nSPS) is 19.5. The number of thiophene rings is 1. The van der Waals surface area contributed by atoms with E-state index in [4.69, 9.17) is 14.2 Å². The number of carbonyl (C=O) groups is 2. The molecule has 0 aliphatic carbocycles. The van der Waals surface area contributed by atoms with Crippen molar-refractivity contribution in [3.63, 3.8) is 0 Å². The summed E-state index contributed by atoms with van der Waals surface area (Å²) in [6.07, 6.45) is -0.878. The molecule has 2 heterocycles. The van der Waals surface area contributed by atoms with Crippen LogP contribution in [0.3, 0.4) is 0 Å². The van der Waals surface area contributed by atoms with Crippen LogP contribution in [0.15, 0.2) is 78.2 Å². The Morgan fingerprint density at radius 2 is 1.51 bits per heavy atom. The van der Waals surface area contributed by atoms with Gasteiger partial charge in [-0.15, -0.1) is 11.3 Å². The zero-order chi connectivity index (χ0) is 24.4. The van der Waals surface area contributed by atoms with Crippen molar-refractivity contribution in [1.82, 2.24) is 0 Å². The summed E-state index contributed by atoms with van der Waals surface area (Å²) in [6.45, 7) is 3.92. The van der Waals surface area contributed by atoms with Gasteiger partial charge in [-0.05, 0) is 60.5 Å². The number of hydrogen-bond donors (Lipinski definition) is 0. The molecule has 1 saturated heterocycles. The van der Waals surface area contributed by atoms with Crippen LogP contribution < -0.4 is 0 Å². The molecule has 3 aromatic carbocycles. The average molecular weight is 487 g/mol. The molecular weight excluding hydrogens is 460 g/mol. The summed E-state index contributed by atoms with van der Waals surface area (Å²) >= 11 is 1.66. The number of carbonyl (C=O) groups excluding carboxylic acids is 2. The minimum Gasteiger partial charge on any atom is -0.459 e. The molecule has 1 aliphatic heterocycles. The molecule has 0 unspecified atom stereocenters. The summed E-state index contributed by atoms with van der Waals surface area (Å²) in [5.74, 6) is -0.842. The van der Waals surface area contributed by atoms with E-state index in [9.17, 15) is 9.59 Å². The fourth-order valence-corrected chi connectivity index (χ4v) is 5.26. The SMILES string of the molecule is Cc1ccc(C(=O)OC[C@H]2O[C@@H](c3csc4ccccc34)C[C@@H]2OC(=O)c2ccc(C)cc2)cc1. The van der Waals surface area contributed by atoms with Gasteiger partial charge < -0.3 is 14.2 Å². The fraction of sp³-hybridized carbons (Fsp3) is 0.241. The smallest absolute Gasteiger partial charge is 0.338 e. The van der Waals surface area contributed by atoms with E-state index < -0.39 is 24.1 Å². The molecule has 178 valence electrons. The van der Waals surface area contributed by atoms with Crippen LogP contribution in [0.2, 0.25) is 0 Å². The van der Waals surface area contributed by atoms with E-state index in [2.05, 4.69) is 17.5 Å². The first-order valence-corrected chi connectivity index (χ1v) is 12.5. The van der Waals surface area contributed by atoms with Gasteiger partial charge in [0.25, 0.3) is 0 Å². The molecule has 3 atom stereocenters. The van der Waals surface area contributed by atoms with Crippen molar-refractivity contribution in [3.8, 4) is 0 Å². The number of benzene rings is 3. The Kier molecular flexibility index (Phi) is 6.66. The third-order valence-corrected chi connectivity index (χ3v) is 7.25. The standard InChI is InChI=1S/C29H26O5S/c1-18-7-11-20(12-8-18)28(30)32-16-26-25(34-29(31)21-13-9-19(2)10-14-21)15-24(33-26)23-17-35-27-6-4-3-5-22(23)27/h3-14,17,24-26H,15-16H2,1-2H3/t24-,25+,26-/m1/s1. The molecular formula is C29H26O5S. The zero-order valence-corrected chi connectivity index (χ0v) is 20.4. The van der Waals surface area contributed by atoms with Gasteiger partial charge in [0.15, 0.2) is 0 Å². The highest BCUT2D eigenvalue weighted by Gasteiger charge is 2.40. The van der Waals surface area contributed by atoms with Crippen molar-refractivity contribution in [3.05, 3.63) is 106 Å². The van der Waals surface area contributed by atoms with E-state index in [0.717, 1.165) is 22.1 Å². The monoisotopic (exact) mass is 486 g/mol. The van der Waals surface area contributed by atoms with Crippen LogP contribution in [-0.4, -0.2) is 30.8 Å². The van der Waals surface area contributed by atoms with Gasteiger partial charge >= 0.3 is 11.9 Å². The maximum atomic E-state index is 12.9. The van der Waals surface area contributed by atoms with Crippen molar-refractivity contribution in [2.24, 2.45) is 0 Å². The lowest BCUT2D eigenvalue weighted by Gasteiger charge is -2.19. The highest BCUT2D eigenvalue weighted by atomic mass is 32.1. The van der Waals surface area contributed by atoms with Gasteiger partial charge in [0.05, 0.1) is 17.2 Å². The lowest BCUT2D eigenvalue weighted by Crippen LogP contribution is -2.32. The topological polar surface area (TPSA) is 61.8 Å². The van der Waals surface area contributed by atoms with E-state index in [1.807, 2.05) is 50.2 Å². The second-order valence-electron chi connectivity index (χ2n) is 8.86. The molecule has 0 spiro atoms. The second-order valence-corrected chi connectivity index (χ2v) is 9.77. The molecule has 0 amide bonds. The third-order valence-electron chi connectivity index (χ3n) is 6.27. The lowest BCUT2D eigenvalue weighted by atomic mass is 10.0. The molecule has 1 fully saturated rings.